The van der Waals surface area contributed by atoms with Crippen LogP contribution in [0.3, 0.4) is 0 Å². The first kappa shape index (κ1) is 21.8. The first-order valence-electron chi connectivity index (χ1n) is 9.77. The van der Waals surface area contributed by atoms with Crippen LogP contribution in [-0.4, -0.2) is 31.0 Å². The maximum atomic E-state index is 12.6. The number of esters is 2. The SMILES string of the molecule is CC(=O)Oc1ccc(-c2cccc(C(=O)O[C@@H](C)C(=O)N(C)c3ccccc3)c2)cc1. The Morgan fingerprint density at radius 3 is 2.16 bits per heavy atom. The molecule has 3 aromatic carbocycles. The number of hydrogen-bond acceptors (Lipinski definition) is 5. The van der Waals surface area contributed by atoms with Gasteiger partial charge in [0.2, 0.25) is 0 Å². The third-order valence-electron chi connectivity index (χ3n) is 4.65. The summed E-state index contributed by atoms with van der Waals surface area (Å²) in [7, 11) is 1.64. The van der Waals surface area contributed by atoms with Gasteiger partial charge in [-0.25, -0.2) is 4.79 Å². The van der Waals surface area contributed by atoms with Gasteiger partial charge in [-0.15, -0.1) is 0 Å². The Labute approximate surface area is 181 Å². The number of rotatable bonds is 6. The van der Waals surface area contributed by atoms with E-state index >= 15 is 0 Å². The van der Waals surface area contributed by atoms with Crippen molar-refractivity contribution in [2.45, 2.75) is 20.0 Å². The highest BCUT2D eigenvalue weighted by molar-refractivity contribution is 5.99. The number of likely N-dealkylation sites (N-methyl/N-ethyl adjacent to an activating group) is 1. The zero-order valence-corrected chi connectivity index (χ0v) is 17.6. The molecule has 3 rings (SSSR count). The van der Waals surface area contributed by atoms with Crippen LogP contribution in [0.5, 0.6) is 5.75 Å². The first-order chi connectivity index (χ1) is 14.8. The average molecular weight is 417 g/mol. The lowest BCUT2D eigenvalue weighted by atomic mass is 10.0. The number of benzene rings is 3. The minimum atomic E-state index is -0.940. The van der Waals surface area contributed by atoms with E-state index in [-0.39, 0.29) is 11.9 Å². The number of carbonyl (C=O) groups excluding carboxylic acids is 3. The predicted octanol–water partition coefficient (Wildman–Crippen LogP) is 4.49. The van der Waals surface area contributed by atoms with E-state index in [1.54, 1.807) is 56.4 Å². The van der Waals surface area contributed by atoms with Crippen LogP contribution in [0.1, 0.15) is 24.2 Å². The molecule has 0 fully saturated rings. The van der Waals surface area contributed by atoms with Crippen molar-refractivity contribution in [2.24, 2.45) is 0 Å². The molecule has 0 aliphatic heterocycles. The number of carbonyl (C=O) groups is 3. The summed E-state index contributed by atoms with van der Waals surface area (Å²) in [6, 6.07) is 23.0. The Morgan fingerprint density at radius 2 is 1.52 bits per heavy atom. The van der Waals surface area contributed by atoms with Gasteiger partial charge >= 0.3 is 11.9 Å². The van der Waals surface area contributed by atoms with E-state index in [0.29, 0.717) is 11.3 Å². The largest absolute Gasteiger partial charge is 0.449 e. The van der Waals surface area contributed by atoms with Crippen molar-refractivity contribution in [3.8, 4) is 16.9 Å². The molecular weight excluding hydrogens is 394 g/mol. The first-order valence-corrected chi connectivity index (χ1v) is 9.77. The molecular formula is C25H23NO5. The molecule has 0 aliphatic rings. The normalized spacial score (nSPS) is 11.3. The van der Waals surface area contributed by atoms with Gasteiger partial charge < -0.3 is 14.4 Å². The lowest BCUT2D eigenvalue weighted by molar-refractivity contribution is -0.131. The van der Waals surface area contributed by atoms with Crippen LogP contribution >= 0.6 is 0 Å². The van der Waals surface area contributed by atoms with Gasteiger partial charge in [-0.3, -0.25) is 9.59 Å². The molecule has 0 saturated carbocycles. The van der Waals surface area contributed by atoms with Gasteiger partial charge in [-0.05, 0) is 54.4 Å². The molecule has 0 radical (unpaired) electrons. The fraction of sp³-hybridized carbons (Fsp3) is 0.160. The zero-order chi connectivity index (χ0) is 22.4. The van der Waals surface area contributed by atoms with Crippen LogP contribution in [-0.2, 0) is 14.3 Å². The molecule has 0 saturated heterocycles. The van der Waals surface area contributed by atoms with Crippen molar-refractivity contribution in [1.82, 2.24) is 0 Å². The summed E-state index contributed by atoms with van der Waals surface area (Å²) >= 11 is 0. The van der Waals surface area contributed by atoms with Gasteiger partial charge in [0.25, 0.3) is 5.91 Å². The Balaban J connectivity index is 1.69. The molecule has 0 N–H and O–H groups in total. The molecule has 0 spiro atoms. The quantitative estimate of drug-likeness (QED) is 0.437. The zero-order valence-electron chi connectivity index (χ0n) is 17.6. The lowest BCUT2D eigenvalue weighted by Crippen LogP contribution is -2.37. The third-order valence-corrected chi connectivity index (χ3v) is 4.65. The van der Waals surface area contributed by atoms with Crippen molar-refractivity contribution in [3.63, 3.8) is 0 Å². The molecule has 158 valence electrons. The molecule has 0 unspecified atom stereocenters. The van der Waals surface area contributed by atoms with Gasteiger partial charge in [-0.1, -0.05) is 42.5 Å². The van der Waals surface area contributed by atoms with E-state index in [1.165, 1.54) is 11.8 Å². The second-order valence-electron chi connectivity index (χ2n) is 6.98. The van der Waals surface area contributed by atoms with E-state index < -0.39 is 12.1 Å². The summed E-state index contributed by atoms with van der Waals surface area (Å²) in [6.45, 7) is 2.89. The Bertz CT molecular complexity index is 1080. The van der Waals surface area contributed by atoms with Gasteiger partial charge in [0.15, 0.2) is 6.10 Å². The van der Waals surface area contributed by atoms with Crippen LogP contribution in [0.15, 0.2) is 78.9 Å². The Morgan fingerprint density at radius 1 is 0.839 bits per heavy atom. The monoisotopic (exact) mass is 417 g/mol. The highest BCUT2D eigenvalue weighted by Gasteiger charge is 2.23. The van der Waals surface area contributed by atoms with Crippen molar-refractivity contribution in [1.29, 1.82) is 0 Å². The van der Waals surface area contributed by atoms with Crippen LogP contribution in [0.2, 0.25) is 0 Å². The van der Waals surface area contributed by atoms with Crippen LogP contribution in [0.4, 0.5) is 5.69 Å². The number of amides is 1. The Hall–Kier alpha value is -3.93. The van der Waals surface area contributed by atoms with Crippen molar-refractivity contribution in [3.05, 3.63) is 84.4 Å². The molecule has 1 amide bonds. The summed E-state index contributed by atoms with van der Waals surface area (Å²) < 4.78 is 10.4. The molecule has 0 aliphatic carbocycles. The summed E-state index contributed by atoms with van der Waals surface area (Å²) in [5, 5.41) is 0. The molecule has 0 aromatic heterocycles. The molecule has 3 aromatic rings. The fourth-order valence-corrected chi connectivity index (χ4v) is 3.04. The van der Waals surface area contributed by atoms with E-state index in [4.69, 9.17) is 9.47 Å². The topological polar surface area (TPSA) is 72.9 Å². The minimum absolute atomic E-state index is 0.322. The number of anilines is 1. The summed E-state index contributed by atoms with van der Waals surface area (Å²) in [4.78, 5) is 37.8. The van der Waals surface area contributed by atoms with Gasteiger partial charge in [0.05, 0.1) is 5.56 Å². The van der Waals surface area contributed by atoms with Crippen LogP contribution in [0.25, 0.3) is 11.1 Å². The second kappa shape index (κ2) is 9.71. The smallest absolute Gasteiger partial charge is 0.338 e. The minimum Gasteiger partial charge on any atom is -0.449 e. The highest BCUT2D eigenvalue weighted by atomic mass is 16.5. The van der Waals surface area contributed by atoms with Crippen LogP contribution in [0, 0.1) is 0 Å². The molecule has 6 heteroatoms. The van der Waals surface area contributed by atoms with Gasteiger partial charge in [0, 0.05) is 19.7 Å². The second-order valence-corrected chi connectivity index (χ2v) is 6.98. The number of para-hydroxylation sites is 1. The van der Waals surface area contributed by atoms with Crippen molar-refractivity contribution in [2.75, 3.05) is 11.9 Å². The molecule has 31 heavy (non-hydrogen) atoms. The molecule has 6 nitrogen and oxygen atoms in total. The number of nitrogens with zero attached hydrogens (tertiary/aromatic N) is 1. The van der Waals surface area contributed by atoms with Gasteiger partial charge in [0.1, 0.15) is 5.75 Å². The number of hydrogen-bond donors (Lipinski definition) is 0. The van der Waals surface area contributed by atoms with Crippen LogP contribution < -0.4 is 9.64 Å². The standard InChI is InChI=1S/C25H23NO5/c1-17(24(28)26(3)22-10-5-4-6-11-22)30-25(29)21-9-7-8-20(16-21)19-12-14-23(15-13-19)31-18(2)27/h4-17H,1-3H3/t17-/m0/s1. The predicted molar refractivity (Wildman–Crippen MR) is 118 cm³/mol. The van der Waals surface area contributed by atoms with E-state index in [0.717, 1.165) is 16.8 Å². The maximum absolute atomic E-state index is 12.6. The highest BCUT2D eigenvalue weighted by Crippen LogP contribution is 2.24. The maximum Gasteiger partial charge on any atom is 0.338 e. The summed E-state index contributed by atoms with van der Waals surface area (Å²) in [5.74, 6) is -0.849. The lowest BCUT2D eigenvalue weighted by Gasteiger charge is -2.21. The van der Waals surface area contributed by atoms with Crippen molar-refractivity contribution >= 4 is 23.5 Å². The van der Waals surface area contributed by atoms with Crippen molar-refractivity contribution < 1.29 is 23.9 Å². The number of ether oxygens (including phenoxy) is 2. The van der Waals surface area contributed by atoms with Gasteiger partial charge in [-0.2, -0.15) is 0 Å². The fourth-order valence-electron chi connectivity index (χ4n) is 3.04. The van der Waals surface area contributed by atoms with E-state index in [1.807, 2.05) is 36.4 Å². The summed E-state index contributed by atoms with van der Waals surface area (Å²) in [5.41, 5.74) is 2.70. The molecule has 0 bridgehead atoms. The van der Waals surface area contributed by atoms with E-state index in [9.17, 15) is 14.4 Å². The average Bonchev–Trinajstić information content (AvgIpc) is 2.78. The van der Waals surface area contributed by atoms with E-state index in [2.05, 4.69) is 0 Å². The summed E-state index contributed by atoms with van der Waals surface area (Å²) in [6.07, 6.45) is -0.940. The Kier molecular flexibility index (Phi) is 6.82. The molecule has 0 heterocycles. The third kappa shape index (κ3) is 5.57. The molecule has 1 atom stereocenters.